The number of nitrogens with zero attached hydrogens (tertiary/aromatic N) is 3. The second-order valence-corrected chi connectivity index (χ2v) is 6.00. The van der Waals surface area contributed by atoms with Crippen LogP contribution in [0.4, 0.5) is 5.69 Å². The number of halogens is 2. The molecule has 2 atom stereocenters. The first-order valence-electron chi connectivity index (χ1n) is 7.59. The molecule has 2 aromatic heterocycles. The van der Waals surface area contributed by atoms with Crippen LogP contribution in [-0.4, -0.2) is 26.7 Å². The quantitative estimate of drug-likeness (QED) is 0.868. The van der Waals surface area contributed by atoms with E-state index in [2.05, 4.69) is 15.4 Å². The number of anilines is 1. The van der Waals surface area contributed by atoms with Gasteiger partial charge in [0.2, 0.25) is 5.91 Å². The molecular formula is C16H23Cl2N5O. The van der Waals surface area contributed by atoms with Crippen LogP contribution in [0.15, 0.2) is 24.4 Å². The largest absolute Gasteiger partial charge is 0.328 e. The molecule has 2 heterocycles. The maximum absolute atomic E-state index is 12.2. The highest BCUT2D eigenvalue weighted by molar-refractivity contribution is 5.92. The summed E-state index contributed by atoms with van der Waals surface area (Å²) in [5.41, 5.74) is 8.54. The third-order valence-electron chi connectivity index (χ3n) is 4.09. The lowest BCUT2D eigenvalue weighted by Crippen LogP contribution is -2.23. The van der Waals surface area contributed by atoms with Gasteiger partial charge < -0.3 is 11.1 Å². The average Bonchev–Trinajstić information content (AvgIpc) is 3.05. The lowest BCUT2D eigenvalue weighted by atomic mass is 10.1. The first kappa shape index (κ1) is 20.4. The van der Waals surface area contributed by atoms with Crippen molar-refractivity contribution >= 4 is 36.4 Å². The number of amides is 1. The molecule has 3 N–H and O–H groups in total. The number of pyridine rings is 1. The smallest absolute Gasteiger partial charge is 0.227 e. The molecule has 0 bridgehead atoms. The highest BCUT2D eigenvalue weighted by Crippen LogP contribution is 2.25. The molecule has 24 heavy (non-hydrogen) atoms. The van der Waals surface area contributed by atoms with Crippen molar-refractivity contribution < 1.29 is 4.79 Å². The number of hydrogen-bond donors (Lipinski definition) is 2. The molecule has 0 radical (unpaired) electrons. The molecule has 1 fully saturated rings. The molecule has 3 rings (SSSR count). The van der Waals surface area contributed by atoms with Crippen LogP contribution in [-0.2, 0) is 4.79 Å². The van der Waals surface area contributed by atoms with Gasteiger partial charge in [0.25, 0.3) is 0 Å². The van der Waals surface area contributed by atoms with E-state index in [0.717, 1.165) is 36.5 Å². The fourth-order valence-electron chi connectivity index (χ4n) is 2.94. The zero-order valence-electron chi connectivity index (χ0n) is 13.7. The first-order chi connectivity index (χ1) is 10.5. The van der Waals surface area contributed by atoms with Gasteiger partial charge in [0.15, 0.2) is 5.82 Å². The Kier molecular flexibility index (Phi) is 7.20. The molecule has 2 aromatic rings. The van der Waals surface area contributed by atoms with Crippen LogP contribution in [0.1, 0.15) is 30.7 Å². The summed E-state index contributed by atoms with van der Waals surface area (Å²) in [5, 5.41) is 7.31. The monoisotopic (exact) mass is 371 g/mol. The molecule has 8 heteroatoms. The van der Waals surface area contributed by atoms with Crippen molar-refractivity contribution in [2.24, 2.45) is 11.7 Å². The summed E-state index contributed by atoms with van der Waals surface area (Å²) in [6, 6.07) is 5.86. The number of aryl methyl sites for hydroxylation is 2. The highest BCUT2D eigenvalue weighted by atomic mass is 35.5. The minimum absolute atomic E-state index is 0. The Hall–Kier alpha value is -1.63. The van der Waals surface area contributed by atoms with E-state index in [1.165, 1.54) is 0 Å². The topological polar surface area (TPSA) is 85.8 Å². The molecule has 0 aliphatic heterocycles. The minimum atomic E-state index is 0. The Morgan fingerprint density at radius 3 is 2.54 bits per heavy atom. The van der Waals surface area contributed by atoms with Gasteiger partial charge in [0.05, 0.1) is 17.6 Å². The van der Waals surface area contributed by atoms with Gasteiger partial charge in [0, 0.05) is 17.7 Å². The highest BCUT2D eigenvalue weighted by Gasteiger charge is 2.27. The van der Waals surface area contributed by atoms with E-state index >= 15 is 0 Å². The summed E-state index contributed by atoms with van der Waals surface area (Å²) in [6.07, 6.45) is 4.22. The zero-order chi connectivity index (χ0) is 15.7. The van der Waals surface area contributed by atoms with Crippen LogP contribution in [0.2, 0.25) is 0 Å². The van der Waals surface area contributed by atoms with Crippen molar-refractivity contribution in [3.8, 4) is 5.82 Å². The van der Waals surface area contributed by atoms with Gasteiger partial charge in [-0.05, 0) is 51.3 Å². The lowest BCUT2D eigenvalue weighted by Gasteiger charge is -2.11. The van der Waals surface area contributed by atoms with E-state index in [0.29, 0.717) is 5.69 Å². The van der Waals surface area contributed by atoms with Crippen molar-refractivity contribution in [3.63, 3.8) is 0 Å². The molecule has 1 aliphatic rings. The second-order valence-electron chi connectivity index (χ2n) is 6.00. The van der Waals surface area contributed by atoms with Crippen LogP contribution in [0, 0.1) is 19.8 Å². The molecule has 0 spiro atoms. The van der Waals surface area contributed by atoms with Gasteiger partial charge in [0.1, 0.15) is 0 Å². The summed E-state index contributed by atoms with van der Waals surface area (Å²) < 4.78 is 1.79. The third kappa shape index (κ3) is 4.47. The van der Waals surface area contributed by atoms with Crippen molar-refractivity contribution in [1.29, 1.82) is 0 Å². The number of rotatable bonds is 3. The SMILES string of the molecule is Cc1cc(C)n(-c2ccc(NC(=O)C3CCC(N)C3)cn2)n1.Cl.Cl. The normalized spacial score (nSPS) is 19.3. The van der Waals surface area contributed by atoms with Crippen molar-refractivity contribution in [2.45, 2.75) is 39.2 Å². The van der Waals surface area contributed by atoms with Crippen molar-refractivity contribution in [1.82, 2.24) is 14.8 Å². The van der Waals surface area contributed by atoms with Gasteiger partial charge in [-0.25, -0.2) is 9.67 Å². The third-order valence-corrected chi connectivity index (χ3v) is 4.09. The molecule has 1 amide bonds. The van der Waals surface area contributed by atoms with Crippen LogP contribution >= 0.6 is 24.8 Å². The summed E-state index contributed by atoms with van der Waals surface area (Å²) in [7, 11) is 0. The molecule has 6 nitrogen and oxygen atoms in total. The predicted octanol–water partition coefficient (Wildman–Crippen LogP) is 2.79. The van der Waals surface area contributed by atoms with Gasteiger partial charge in [-0.2, -0.15) is 5.10 Å². The Morgan fingerprint density at radius 1 is 1.29 bits per heavy atom. The van der Waals surface area contributed by atoms with Gasteiger partial charge >= 0.3 is 0 Å². The van der Waals surface area contributed by atoms with E-state index in [9.17, 15) is 4.79 Å². The maximum Gasteiger partial charge on any atom is 0.227 e. The van der Waals surface area contributed by atoms with Gasteiger partial charge in [-0.3, -0.25) is 4.79 Å². The number of nitrogens with one attached hydrogen (secondary N) is 1. The number of carbonyl (C=O) groups excluding carboxylic acids is 1. The zero-order valence-corrected chi connectivity index (χ0v) is 15.4. The van der Waals surface area contributed by atoms with E-state index in [1.54, 1.807) is 10.9 Å². The molecule has 0 aromatic carbocycles. The molecule has 0 saturated heterocycles. The van der Waals surface area contributed by atoms with Crippen molar-refractivity contribution in [2.75, 3.05) is 5.32 Å². The van der Waals surface area contributed by atoms with E-state index in [-0.39, 0.29) is 42.7 Å². The van der Waals surface area contributed by atoms with Crippen LogP contribution in [0.3, 0.4) is 0 Å². The standard InChI is InChI=1S/C16H21N5O.2ClH/c1-10-7-11(2)21(20-10)15-6-5-14(9-18-15)19-16(22)12-3-4-13(17)8-12;;/h5-7,9,12-13H,3-4,8,17H2,1-2H3,(H,19,22);2*1H. The summed E-state index contributed by atoms with van der Waals surface area (Å²) in [5.74, 6) is 0.797. The van der Waals surface area contributed by atoms with E-state index < -0.39 is 0 Å². The average molecular weight is 372 g/mol. The van der Waals surface area contributed by atoms with Crippen molar-refractivity contribution in [3.05, 3.63) is 35.8 Å². The fraction of sp³-hybridized carbons (Fsp3) is 0.438. The predicted molar refractivity (Wildman–Crippen MR) is 99.3 cm³/mol. The number of carbonyl (C=O) groups is 1. The first-order valence-corrected chi connectivity index (χ1v) is 7.59. The van der Waals surface area contributed by atoms with Crippen LogP contribution in [0.25, 0.3) is 5.82 Å². The second kappa shape index (κ2) is 8.46. The van der Waals surface area contributed by atoms with Crippen LogP contribution in [0.5, 0.6) is 0 Å². The van der Waals surface area contributed by atoms with Crippen LogP contribution < -0.4 is 11.1 Å². The number of nitrogens with two attached hydrogens (primary N) is 1. The number of aromatic nitrogens is 3. The maximum atomic E-state index is 12.2. The lowest BCUT2D eigenvalue weighted by molar-refractivity contribution is -0.119. The Morgan fingerprint density at radius 2 is 2.04 bits per heavy atom. The summed E-state index contributed by atoms with van der Waals surface area (Å²) >= 11 is 0. The molecule has 1 aliphatic carbocycles. The molecular weight excluding hydrogens is 349 g/mol. The summed E-state index contributed by atoms with van der Waals surface area (Å²) in [6.45, 7) is 3.94. The Labute approximate surface area is 154 Å². The minimum Gasteiger partial charge on any atom is -0.328 e. The van der Waals surface area contributed by atoms with Gasteiger partial charge in [-0.1, -0.05) is 0 Å². The Balaban J connectivity index is 0.00000144. The van der Waals surface area contributed by atoms with E-state index in [4.69, 9.17) is 5.73 Å². The Bertz CT molecular complexity index is 686. The van der Waals surface area contributed by atoms with E-state index in [1.807, 2.05) is 32.0 Å². The molecule has 132 valence electrons. The number of hydrogen-bond acceptors (Lipinski definition) is 4. The molecule has 2 unspecified atom stereocenters. The summed E-state index contributed by atoms with van der Waals surface area (Å²) in [4.78, 5) is 16.5. The fourth-order valence-corrected chi connectivity index (χ4v) is 2.94. The molecule has 1 saturated carbocycles. The van der Waals surface area contributed by atoms with Gasteiger partial charge in [-0.15, -0.1) is 24.8 Å².